The van der Waals surface area contributed by atoms with E-state index in [1.165, 1.54) is 17.4 Å². The SMILES string of the molecule is CC(C)Cc1cc(B(O)O)c(S(=O)(=O)NC(C)(C)C)s1.CCc1nccn1Cc1ccc(-c2cc(CC(C)C)sc2S(=O)(=O)NC(C)(C)C)cc1F. The van der Waals surface area contributed by atoms with Gasteiger partial charge in [0.05, 0.1) is 6.54 Å². The summed E-state index contributed by atoms with van der Waals surface area (Å²) in [5.41, 5.74) is 0.449. The Labute approximate surface area is 318 Å². The number of benzene rings is 1. The van der Waals surface area contributed by atoms with Gasteiger partial charge in [-0.3, -0.25) is 0 Å². The van der Waals surface area contributed by atoms with Crippen LogP contribution in [0.15, 0.2) is 51.1 Å². The van der Waals surface area contributed by atoms with E-state index in [0.717, 1.165) is 39.8 Å². The molecule has 0 aliphatic rings. The summed E-state index contributed by atoms with van der Waals surface area (Å²) < 4.78 is 73.5. The number of hydrogen-bond donors (Lipinski definition) is 4. The van der Waals surface area contributed by atoms with Crippen molar-refractivity contribution in [1.29, 1.82) is 0 Å². The zero-order valence-corrected chi connectivity index (χ0v) is 35.3. The van der Waals surface area contributed by atoms with Gasteiger partial charge < -0.3 is 14.6 Å². The summed E-state index contributed by atoms with van der Waals surface area (Å²) >= 11 is 2.36. The van der Waals surface area contributed by atoms with Crippen molar-refractivity contribution < 1.29 is 31.3 Å². The molecule has 3 heterocycles. The van der Waals surface area contributed by atoms with Crippen molar-refractivity contribution in [1.82, 2.24) is 19.0 Å². The maximum Gasteiger partial charge on any atom is 0.490 e. The Kier molecular flexibility index (Phi) is 14.7. The van der Waals surface area contributed by atoms with Gasteiger partial charge in [0.1, 0.15) is 20.1 Å². The van der Waals surface area contributed by atoms with E-state index < -0.39 is 38.2 Å². The van der Waals surface area contributed by atoms with Crippen LogP contribution in [0.3, 0.4) is 0 Å². The number of rotatable bonds is 13. The van der Waals surface area contributed by atoms with E-state index in [-0.39, 0.29) is 19.7 Å². The molecule has 1 aromatic carbocycles. The first-order chi connectivity index (χ1) is 23.8. The van der Waals surface area contributed by atoms with Crippen LogP contribution in [-0.4, -0.2) is 54.6 Å². The minimum Gasteiger partial charge on any atom is -0.423 e. The Bertz CT molecular complexity index is 2020. The van der Waals surface area contributed by atoms with Crippen LogP contribution in [0.4, 0.5) is 4.39 Å². The third-order valence-electron chi connectivity index (χ3n) is 7.21. The van der Waals surface area contributed by atoms with E-state index in [0.29, 0.717) is 41.5 Å². The lowest BCUT2D eigenvalue weighted by Crippen LogP contribution is -2.43. The maximum atomic E-state index is 15.1. The molecule has 16 heteroatoms. The largest absolute Gasteiger partial charge is 0.490 e. The van der Waals surface area contributed by atoms with Gasteiger partial charge in [0.15, 0.2) is 0 Å². The second-order valence-electron chi connectivity index (χ2n) is 15.8. The Hall–Kier alpha value is -2.44. The highest BCUT2D eigenvalue weighted by atomic mass is 32.3. The van der Waals surface area contributed by atoms with Crippen molar-refractivity contribution in [3.63, 3.8) is 0 Å². The molecule has 0 saturated carbocycles. The second-order valence-corrected chi connectivity index (χ2v) is 21.8. The summed E-state index contributed by atoms with van der Waals surface area (Å²) in [5, 5.41) is 18.8. The van der Waals surface area contributed by atoms with Gasteiger partial charge in [0.25, 0.3) is 10.0 Å². The zero-order valence-electron chi connectivity index (χ0n) is 32.0. The zero-order chi connectivity index (χ0) is 39.4. The number of halogens is 1. The van der Waals surface area contributed by atoms with Crippen molar-refractivity contribution >= 4 is 55.3 Å². The van der Waals surface area contributed by atoms with E-state index in [9.17, 15) is 26.9 Å². The molecule has 10 nitrogen and oxygen atoms in total. The van der Waals surface area contributed by atoms with Gasteiger partial charge in [-0.2, -0.15) is 0 Å². The van der Waals surface area contributed by atoms with Crippen LogP contribution in [-0.2, 0) is 45.9 Å². The maximum absolute atomic E-state index is 15.1. The molecule has 0 amide bonds. The number of aryl methyl sites for hydroxylation is 1. The summed E-state index contributed by atoms with van der Waals surface area (Å²) in [7, 11) is -9.30. The number of thiophene rings is 2. The molecule has 0 spiro atoms. The van der Waals surface area contributed by atoms with Gasteiger partial charge >= 0.3 is 7.12 Å². The molecular weight excluding hydrogens is 742 g/mol. The van der Waals surface area contributed by atoms with Crippen molar-refractivity contribution in [2.45, 2.75) is 121 Å². The number of nitrogens with one attached hydrogen (secondary N) is 2. The molecule has 0 radical (unpaired) electrons. The van der Waals surface area contributed by atoms with Gasteiger partial charge in [-0.15, -0.1) is 22.7 Å². The Balaban J connectivity index is 0.000000314. The topological polar surface area (TPSA) is 151 Å². The number of sulfonamides is 2. The van der Waals surface area contributed by atoms with E-state index in [1.54, 1.807) is 45.2 Å². The minimum atomic E-state index is -3.76. The third kappa shape index (κ3) is 12.6. The van der Waals surface area contributed by atoms with Crippen molar-refractivity contribution in [3.8, 4) is 11.1 Å². The number of aromatic nitrogens is 2. The number of hydrogen-bond acceptors (Lipinski definition) is 9. The van der Waals surface area contributed by atoms with E-state index in [4.69, 9.17) is 0 Å². The van der Waals surface area contributed by atoms with Crippen molar-refractivity contribution in [3.05, 3.63) is 69.7 Å². The van der Waals surface area contributed by atoms with E-state index in [2.05, 4.69) is 28.3 Å². The molecule has 52 heavy (non-hydrogen) atoms. The quantitative estimate of drug-likeness (QED) is 0.115. The third-order valence-corrected chi connectivity index (χ3v) is 14.1. The monoisotopic (exact) mass is 796 g/mol. The molecule has 0 saturated heterocycles. The molecule has 0 unspecified atom stereocenters. The fraction of sp³-hybridized carbons (Fsp3) is 0.528. The fourth-order valence-electron chi connectivity index (χ4n) is 5.38. The van der Waals surface area contributed by atoms with Crippen molar-refractivity contribution in [2.24, 2.45) is 11.8 Å². The lowest BCUT2D eigenvalue weighted by molar-refractivity contribution is 0.424. The molecule has 0 bridgehead atoms. The predicted molar refractivity (Wildman–Crippen MR) is 212 cm³/mol. The summed E-state index contributed by atoms with van der Waals surface area (Å²) in [6.45, 7) is 21.3. The molecule has 4 N–H and O–H groups in total. The number of nitrogens with zero attached hydrogens (tertiary/aromatic N) is 2. The lowest BCUT2D eigenvalue weighted by Gasteiger charge is -2.20. The van der Waals surface area contributed by atoms with E-state index >= 15 is 4.39 Å². The van der Waals surface area contributed by atoms with Crippen LogP contribution in [0, 0.1) is 17.7 Å². The Morgan fingerprint density at radius 2 is 1.37 bits per heavy atom. The molecule has 0 fully saturated rings. The molecule has 288 valence electrons. The first kappa shape index (κ1) is 44.0. The Morgan fingerprint density at radius 1 is 0.846 bits per heavy atom. The van der Waals surface area contributed by atoms with Crippen LogP contribution in [0.5, 0.6) is 0 Å². The highest BCUT2D eigenvalue weighted by Gasteiger charge is 2.31. The standard InChI is InChI=1S/C24H32FN3O2S2.C12H22BNO4S2/c1-7-22-26-10-11-28(22)15-18-9-8-17(13-21(18)25)20-14-19(12-16(2)3)31-23(20)32(29,30)27-24(4,5)6;1-8(2)6-9-7-10(13(15)16)11(19-9)20(17,18)14-12(3,4)5/h8-11,13-14,16,27H,7,12,15H2,1-6H3;7-8,14-16H,6H2,1-5H3. The summed E-state index contributed by atoms with van der Waals surface area (Å²) in [4.78, 5) is 6.09. The van der Waals surface area contributed by atoms with Crippen molar-refractivity contribution in [2.75, 3.05) is 0 Å². The average molecular weight is 797 g/mol. The predicted octanol–water partition coefficient (Wildman–Crippen LogP) is 6.34. The summed E-state index contributed by atoms with van der Waals surface area (Å²) in [6.07, 6.45) is 5.79. The molecular formula is C36H54BFN4O6S4. The summed E-state index contributed by atoms with van der Waals surface area (Å²) in [6, 6.07) is 8.43. The highest BCUT2D eigenvalue weighted by Crippen LogP contribution is 2.37. The molecule has 0 aliphatic heterocycles. The molecule has 4 aromatic rings. The normalized spacial score (nSPS) is 12.8. The molecule has 0 atom stereocenters. The van der Waals surface area contributed by atoms with Gasteiger partial charge in [-0.1, -0.05) is 46.8 Å². The second kappa shape index (κ2) is 17.4. The van der Waals surface area contributed by atoms with Gasteiger partial charge in [-0.25, -0.2) is 35.7 Å². The first-order valence-electron chi connectivity index (χ1n) is 17.3. The Morgan fingerprint density at radius 3 is 1.85 bits per heavy atom. The molecule has 0 aliphatic carbocycles. The summed E-state index contributed by atoms with van der Waals surface area (Å²) in [5.74, 6) is 1.28. The van der Waals surface area contributed by atoms with Gasteiger partial charge in [0.2, 0.25) is 10.0 Å². The van der Waals surface area contributed by atoms with Crippen LogP contribution >= 0.6 is 22.7 Å². The average Bonchev–Trinajstić information content (AvgIpc) is 3.70. The van der Waals surface area contributed by atoms with Gasteiger partial charge in [0, 0.05) is 56.2 Å². The van der Waals surface area contributed by atoms with Crippen LogP contribution in [0.2, 0.25) is 0 Å². The van der Waals surface area contributed by atoms with Crippen LogP contribution < -0.4 is 14.9 Å². The lowest BCUT2D eigenvalue weighted by atomic mass is 9.82. The number of imidazole rings is 1. The van der Waals surface area contributed by atoms with Crippen LogP contribution in [0.1, 0.15) is 97.3 Å². The molecule has 4 rings (SSSR count). The van der Waals surface area contributed by atoms with E-state index in [1.807, 2.05) is 58.4 Å². The highest BCUT2D eigenvalue weighted by molar-refractivity contribution is 7.92. The smallest absolute Gasteiger partial charge is 0.423 e. The molecule has 3 aromatic heterocycles. The fourth-order valence-corrected chi connectivity index (χ4v) is 12.1. The first-order valence-corrected chi connectivity index (χ1v) is 21.9. The minimum absolute atomic E-state index is 0.0157. The van der Waals surface area contributed by atoms with Gasteiger partial charge in [-0.05, 0) is 90.0 Å². The van der Waals surface area contributed by atoms with Crippen LogP contribution in [0.25, 0.3) is 11.1 Å².